The molecular formula is C21H20ClN3O3. The second-order valence-electron chi connectivity index (χ2n) is 7.01. The standard InChI is InChI=1S/C21H20ClN3O3/c22-13-14-1-3-15(4-2-14)20(27)24-7-9-25(10-8-24)21(28)16-5-6-18-17(11-16)12-19(26)23-18/h1-6,11H,7-10,12-13H2,(H,23,26). The van der Waals surface area contributed by atoms with E-state index in [1.165, 1.54) is 0 Å². The van der Waals surface area contributed by atoms with Crippen LogP contribution in [0, 0.1) is 0 Å². The Morgan fingerprint density at radius 2 is 1.46 bits per heavy atom. The highest BCUT2D eigenvalue weighted by Gasteiger charge is 2.26. The Morgan fingerprint density at radius 1 is 0.893 bits per heavy atom. The van der Waals surface area contributed by atoms with Crippen LogP contribution in [0.3, 0.4) is 0 Å². The summed E-state index contributed by atoms with van der Waals surface area (Å²) in [6, 6.07) is 12.6. The van der Waals surface area contributed by atoms with Crippen LogP contribution in [-0.2, 0) is 17.1 Å². The zero-order chi connectivity index (χ0) is 19.7. The third-order valence-electron chi connectivity index (χ3n) is 5.19. The van der Waals surface area contributed by atoms with Crippen molar-refractivity contribution in [2.75, 3.05) is 31.5 Å². The smallest absolute Gasteiger partial charge is 0.253 e. The van der Waals surface area contributed by atoms with Crippen molar-refractivity contribution in [2.24, 2.45) is 0 Å². The Labute approximate surface area is 168 Å². The van der Waals surface area contributed by atoms with E-state index in [1.54, 1.807) is 40.1 Å². The largest absolute Gasteiger partial charge is 0.335 e. The van der Waals surface area contributed by atoms with Crippen molar-refractivity contribution >= 4 is 35.0 Å². The molecule has 0 aliphatic carbocycles. The van der Waals surface area contributed by atoms with Crippen LogP contribution in [0.1, 0.15) is 31.8 Å². The number of anilines is 1. The number of benzene rings is 2. The monoisotopic (exact) mass is 397 g/mol. The molecule has 0 bridgehead atoms. The molecule has 0 aromatic heterocycles. The lowest BCUT2D eigenvalue weighted by atomic mass is 10.1. The zero-order valence-electron chi connectivity index (χ0n) is 15.3. The van der Waals surface area contributed by atoms with Crippen molar-refractivity contribution in [1.82, 2.24) is 9.80 Å². The van der Waals surface area contributed by atoms with E-state index in [1.807, 2.05) is 12.1 Å². The molecule has 2 aliphatic heterocycles. The van der Waals surface area contributed by atoms with Crippen molar-refractivity contribution in [3.8, 4) is 0 Å². The maximum Gasteiger partial charge on any atom is 0.253 e. The topological polar surface area (TPSA) is 69.7 Å². The van der Waals surface area contributed by atoms with Gasteiger partial charge in [0.25, 0.3) is 11.8 Å². The zero-order valence-corrected chi connectivity index (χ0v) is 16.0. The maximum atomic E-state index is 12.8. The Kier molecular flexibility index (Phi) is 5.05. The lowest BCUT2D eigenvalue weighted by molar-refractivity contribution is -0.115. The number of nitrogens with zero attached hydrogens (tertiary/aromatic N) is 2. The first-order valence-corrected chi connectivity index (χ1v) is 9.75. The third kappa shape index (κ3) is 3.60. The first-order chi connectivity index (χ1) is 13.5. The summed E-state index contributed by atoms with van der Waals surface area (Å²) in [6.07, 6.45) is 0.307. The van der Waals surface area contributed by atoms with E-state index in [2.05, 4.69) is 5.32 Å². The Balaban J connectivity index is 1.38. The van der Waals surface area contributed by atoms with Crippen LogP contribution in [0.25, 0.3) is 0 Å². The fourth-order valence-corrected chi connectivity index (χ4v) is 3.75. The van der Waals surface area contributed by atoms with Gasteiger partial charge in [-0.3, -0.25) is 14.4 Å². The molecule has 6 nitrogen and oxygen atoms in total. The SMILES string of the molecule is O=C1Cc2cc(C(=O)N3CCN(C(=O)c4ccc(CCl)cc4)CC3)ccc2N1. The first-order valence-electron chi connectivity index (χ1n) is 9.21. The molecule has 0 spiro atoms. The van der Waals surface area contributed by atoms with Gasteiger partial charge in [-0.15, -0.1) is 11.6 Å². The lowest BCUT2D eigenvalue weighted by Crippen LogP contribution is -2.50. The van der Waals surface area contributed by atoms with Crippen LogP contribution in [0.2, 0.25) is 0 Å². The summed E-state index contributed by atoms with van der Waals surface area (Å²) >= 11 is 5.79. The van der Waals surface area contributed by atoms with Crippen molar-refractivity contribution in [3.05, 3.63) is 64.7 Å². The van der Waals surface area contributed by atoms with E-state index in [4.69, 9.17) is 11.6 Å². The van der Waals surface area contributed by atoms with Gasteiger partial charge in [-0.1, -0.05) is 12.1 Å². The number of alkyl halides is 1. The van der Waals surface area contributed by atoms with Crippen LogP contribution in [0.15, 0.2) is 42.5 Å². The van der Waals surface area contributed by atoms with E-state index < -0.39 is 0 Å². The van der Waals surface area contributed by atoms with Gasteiger partial charge in [0.05, 0.1) is 6.42 Å². The van der Waals surface area contributed by atoms with Crippen molar-refractivity contribution < 1.29 is 14.4 Å². The number of rotatable bonds is 3. The molecule has 2 aliphatic rings. The molecule has 0 unspecified atom stereocenters. The molecule has 1 fully saturated rings. The van der Waals surface area contributed by atoms with Crippen LogP contribution < -0.4 is 5.32 Å². The summed E-state index contributed by atoms with van der Waals surface area (Å²) in [6.45, 7) is 1.96. The van der Waals surface area contributed by atoms with Crippen LogP contribution >= 0.6 is 11.6 Å². The average molecular weight is 398 g/mol. The number of carbonyl (C=O) groups excluding carboxylic acids is 3. The third-order valence-corrected chi connectivity index (χ3v) is 5.50. The fourth-order valence-electron chi connectivity index (χ4n) is 3.58. The molecule has 4 rings (SSSR count). The molecule has 3 amide bonds. The normalized spacial score (nSPS) is 16.0. The van der Waals surface area contributed by atoms with E-state index in [9.17, 15) is 14.4 Å². The minimum absolute atomic E-state index is 0.0321. The van der Waals surface area contributed by atoms with Gasteiger partial charge in [0.1, 0.15) is 0 Å². The van der Waals surface area contributed by atoms with Gasteiger partial charge in [0.15, 0.2) is 0 Å². The average Bonchev–Trinajstić information content (AvgIpc) is 3.12. The summed E-state index contributed by atoms with van der Waals surface area (Å²) in [7, 11) is 0. The predicted octanol–water partition coefficient (Wildman–Crippen LogP) is 2.52. The van der Waals surface area contributed by atoms with Gasteiger partial charge in [0, 0.05) is 48.9 Å². The molecule has 144 valence electrons. The molecule has 0 saturated carbocycles. The predicted molar refractivity (Wildman–Crippen MR) is 107 cm³/mol. The minimum atomic E-state index is -0.0688. The summed E-state index contributed by atoms with van der Waals surface area (Å²) in [5.74, 6) is 0.268. The summed E-state index contributed by atoms with van der Waals surface area (Å²) in [5, 5.41) is 2.77. The van der Waals surface area contributed by atoms with Crippen molar-refractivity contribution in [2.45, 2.75) is 12.3 Å². The number of amides is 3. The molecule has 2 heterocycles. The second-order valence-corrected chi connectivity index (χ2v) is 7.28. The summed E-state index contributed by atoms with van der Waals surface area (Å²) in [5.41, 5.74) is 3.80. The first kappa shape index (κ1) is 18.5. The maximum absolute atomic E-state index is 12.8. The van der Waals surface area contributed by atoms with Crippen LogP contribution in [-0.4, -0.2) is 53.7 Å². The molecule has 1 saturated heterocycles. The molecular weight excluding hydrogens is 378 g/mol. The summed E-state index contributed by atoms with van der Waals surface area (Å²) < 4.78 is 0. The van der Waals surface area contributed by atoms with Crippen LogP contribution in [0.5, 0.6) is 0 Å². The lowest BCUT2D eigenvalue weighted by Gasteiger charge is -2.35. The van der Waals surface area contributed by atoms with E-state index in [-0.39, 0.29) is 17.7 Å². The number of hydrogen-bond acceptors (Lipinski definition) is 3. The fraction of sp³-hybridized carbons (Fsp3) is 0.286. The second kappa shape index (κ2) is 7.64. The van der Waals surface area contributed by atoms with Gasteiger partial charge < -0.3 is 15.1 Å². The Morgan fingerprint density at radius 3 is 2.07 bits per heavy atom. The molecule has 0 atom stereocenters. The van der Waals surface area contributed by atoms with Crippen molar-refractivity contribution in [1.29, 1.82) is 0 Å². The highest BCUT2D eigenvalue weighted by Crippen LogP contribution is 2.24. The van der Waals surface area contributed by atoms with E-state index in [0.29, 0.717) is 49.6 Å². The number of hydrogen-bond donors (Lipinski definition) is 1. The van der Waals surface area contributed by atoms with E-state index in [0.717, 1.165) is 16.8 Å². The van der Waals surface area contributed by atoms with Gasteiger partial charge >= 0.3 is 0 Å². The molecule has 0 radical (unpaired) electrons. The molecule has 2 aromatic carbocycles. The van der Waals surface area contributed by atoms with Gasteiger partial charge in [0.2, 0.25) is 5.91 Å². The number of fused-ring (bicyclic) bond motifs is 1. The molecule has 7 heteroatoms. The molecule has 1 N–H and O–H groups in total. The molecule has 2 aromatic rings. The van der Waals surface area contributed by atoms with Gasteiger partial charge in [-0.25, -0.2) is 0 Å². The highest BCUT2D eigenvalue weighted by molar-refractivity contribution is 6.17. The van der Waals surface area contributed by atoms with Gasteiger partial charge in [-0.05, 0) is 41.5 Å². The number of nitrogens with one attached hydrogen (secondary N) is 1. The minimum Gasteiger partial charge on any atom is -0.335 e. The van der Waals surface area contributed by atoms with Crippen LogP contribution in [0.4, 0.5) is 5.69 Å². The number of halogens is 1. The number of carbonyl (C=O) groups is 3. The Bertz CT molecular complexity index is 934. The quantitative estimate of drug-likeness (QED) is 0.809. The highest BCUT2D eigenvalue weighted by atomic mass is 35.5. The molecule has 28 heavy (non-hydrogen) atoms. The number of piperazine rings is 1. The van der Waals surface area contributed by atoms with Crippen molar-refractivity contribution in [3.63, 3.8) is 0 Å². The van der Waals surface area contributed by atoms with E-state index >= 15 is 0 Å². The Hall–Kier alpha value is -2.86. The summed E-state index contributed by atoms with van der Waals surface area (Å²) in [4.78, 5) is 40.5. The van der Waals surface area contributed by atoms with Gasteiger partial charge in [-0.2, -0.15) is 0 Å².